The van der Waals surface area contributed by atoms with Gasteiger partial charge in [-0.25, -0.2) is 4.98 Å². The molecule has 6 heteroatoms. The van der Waals surface area contributed by atoms with Crippen LogP contribution in [0.3, 0.4) is 0 Å². The van der Waals surface area contributed by atoms with Crippen LogP contribution in [0.5, 0.6) is 0 Å². The lowest BCUT2D eigenvalue weighted by atomic mass is 10.3. The first kappa shape index (κ1) is 13.8. The van der Waals surface area contributed by atoms with Gasteiger partial charge in [0.1, 0.15) is 5.01 Å². The largest absolute Gasteiger partial charge is 0.331 e. The molecule has 3 nitrogen and oxygen atoms in total. The third kappa shape index (κ3) is 2.30. The van der Waals surface area contributed by atoms with Crippen LogP contribution in [0.1, 0.15) is 29.8 Å². The fourth-order valence-corrected chi connectivity index (χ4v) is 3.72. The van der Waals surface area contributed by atoms with Gasteiger partial charge in [-0.1, -0.05) is 18.5 Å². The number of benzene rings is 1. The van der Waals surface area contributed by atoms with Gasteiger partial charge in [-0.2, -0.15) is 0 Å². The number of aryl methyl sites for hydroxylation is 1. The van der Waals surface area contributed by atoms with Crippen molar-refractivity contribution < 1.29 is 0 Å². The summed E-state index contributed by atoms with van der Waals surface area (Å²) in [5.41, 5.74) is 2.02. The Morgan fingerprint density at radius 2 is 2.30 bits per heavy atom. The Morgan fingerprint density at radius 1 is 1.50 bits per heavy atom. The number of rotatable bonds is 3. The van der Waals surface area contributed by atoms with E-state index in [2.05, 4.69) is 28.4 Å². The maximum atomic E-state index is 6.03. The van der Waals surface area contributed by atoms with Crippen molar-refractivity contribution in [2.75, 3.05) is 0 Å². The van der Waals surface area contributed by atoms with Crippen molar-refractivity contribution in [3.63, 3.8) is 0 Å². The minimum Gasteiger partial charge on any atom is -0.331 e. The number of hydrogen-bond acceptors (Lipinski definition) is 3. The molecule has 1 atom stereocenters. The number of H-pyrrole nitrogens is 1. The van der Waals surface area contributed by atoms with Gasteiger partial charge in [0.05, 0.1) is 17.1 Å². The van der Waals surface area contributed by atoms with Crippen LogP contribution in [-0.4, -0.2) is 14.5 Å². The number of halogens is 1. The predicted molar refractivity (Wildman–Crippen MR) is 87.4 cm³/mol. The molecule has 0 aliphatic heterocycles. The van der Waals surface area contributed by atoms with E-state index in [0.717, 1.165) is 22.5 Å². The highest BCUT2D eigenvalue weighted by Gasteiger charge is 2.16. The van der Waals surface area contributed by atoms with Gasteiger partial charge in [-0.3, -0.25) is 0 Å². The summed E-state index contributed by atoms with van der Waals surface area (Å²) in [5.74, 6) is 0. The van der Waals surface area contributed by atoms with Crippen molar-refractivity contribution in [1.82, 2.24) is 14.5 Å². The van der Waals surface area contributed by atoms with E-state index in [0.29, 0.717) is 9.79 Å². The van der Waals surface area contributed by atoms with Crippen molar-refractivity contribution in [1.29, 1.82) is 0 Å². The average molecular weight is 324 g/mol. The van der Waals surface area contributed by atoms with Gasteiger partial charge in [0, 0.05) is 16.1 Å². The Hall–Kier alpha value is -1.17. The van der Waals surface area contributed by atoms with Crippen LogP contribution in [0.15, 0.2) is 24.4 Å². The van der Waals surface area contributed by atoms with E-state index >= 15 is 0 Å². The van der Waals surface area contributed by atoms with Gasteiger partial charge in [0.2, 0.25) is 0 Å². The first-order valence-electron chi connectivity index (χ1n) is 6.44. The van der Waals surface area contributed by atoms with Gasteiger partial charge >= 0.3 is 0 Å². The van der Waals surface area contributed by atoms with Crippen LogP contribution < -0.4 is 0 Å². The molecule has 0 fully saturated rings. The maximum Gasteiger partial charge on any atom is 0.178 e. The van der Waals surface area contributed by atoms with E-state index < -0.39 is 0 Å². The lowest BCUT2D eigenvalue weighted by molar-refractivity contribution is 0.644. The number of nitrogens with one attached hydrogen (secondary N) is 1. The van der Waals surface area contributed by atoms with Crippen molar-refractivity contribution in [3.8, 4) is 0 Å². The Labute approximate surface area is 131 Å². The monoisotopic (exact) mass is 323 g/mol. The number of fused-ring (bicyclic) bond motifs is 1. The first-order chi connectivity index (χ1) is 9.60. The molecule has 0 saturated carbocycles. The minimum atomic E-state index is 0.114. The molecule has 1 unspecified atom stereocenters. The highest BCUT2D eigenvalue weighted by Crippen LogP contribution is 2.28. The summed E-state index contributed by atoms with van der Waals surface area (Å²) < 4.78 is 2.79. The molecule has 0 spiro atoms. The summed E-state index contributed by atoms with van der Waals surface area (Å²) >= 11 is 13.2. The van der Waals surface area contributed by atoms with Crippen LogP contribution in [0.2, 0.25) is 5.02 Å². The summed E-state index contributed by atoms with van der Waals surface area (Å²) in [6, 6.07) is 5.89. The molecule has 0 radical (unpaired) electrons. The standard InChI is InChI=1S/C14H14ClN3S2/c1-3-10-7-16-13(20-10)8(2)18-12-5-4-9(15)6-11(12)17-14(18)19/h4-8H,3H2,1-2H3,(H,17,19). The number of nitrogens with zero attached hydrogens (tertiary/aromatic N) is 2. The van der Waals surface area contributed by atoms with E-state index in [9.17, 15) is 0 Å². The molecule has 2 heterocycles. The van der Waals surface area contributed by atoms with Gasteiger partial charge < -0.3 is 9.55 Å². The minimum absolute atomic E-state index is 0.114. The second-order valence-corrected chi connectivity index (χ2v) is 6.63. The van der Waals surface area contributed by atoms with Gasteiger partial charge in [-0.15, -0.1) is 11.3 Å². The topological polar surface area (TPSA) is 33.6 Å². The molecule has 1 aromatic carbocycles. The molecule has 3 aromatic rings. The van der Waals surface area contributed by atoms with E-state index in [1.54, 1.807) is 11.3 Å². The summed E-state index contributed by atoms with van der Waals surface area (Å²) in [4.78, 5) is 9.02. The molecule has 0 amide bonds. The SMILES string of the molecule is CCc1cnc(C(C)n2c(=S)[nH]c3cc(Cl)ccc32)s1. The molecule has 104 valence electrons. The summed E-state index contributed by atoms with van der Waals surface area (Å²) in [5, 5.41) is 1.78. The fraction of sp³-hybridized carbons (Fsp3) is 0.286. The predicted octanol–water partition coefficient (Wildman–Crippen LogP) is 4.98. The second kappa shape index (κ2) is 5.31. The number of imidazole rings is 1. The maximum absolute atomic E-state index is 6.03. The number of hydrogen-bond donors (Lipinski definition) is 1. The lowest BCUT2D eigenvalue weighted by Crippen LogP contribution is -2.06. The number of thiazole rings is 1. The summed E-state index contributed by atoms with van der Waals surface area (Å²) in [6.45, 7) is 4.26. The molecule has 3 rings (SSSR count). The number of aromatic nitrogens is 3. The second-order valence-electron chi connectivity index (χ2n) is 4.66. The van der Waals surface area contributed by atoms with Crippen LogP contribution in [0.4, 0.5) is 0 Å². The third-order valence-electron chi connectivity index (χ3n) is 3.34. The highest BCUT2D eigenvalue weighted by molar-refractivity contribution is 7.71. The molecular formula is C14H14ClN3S2. The van der Waals surface area contributed by atoms with E-state index in [-0.39, 0.29) is 6.04 Å². The van der Waals surface area contributed by atoms with Gasteiger partial charge in [0.25, 0.3) is 0 Å². The average Bonchev–Trinajstić information content (AvgIpc) is 3.01. The summed E-state index contributed by atoms with van der Waals surface area (Å²) in [7, 11) is 0. The first-order valence-corrected chi connectivity index (χ1v) is 8.04. The zero-order valence-electron chi connectivity index (χ0n) is 11.2. The van der Waals surface area contributed by atoms with Crippen molar-refractivity contribution in [3.05, 3.63) is 44.1 Å². The van der Waals surface area contributed by atoms with E-state index in [4.69, 9.17) is 23.8 Å². The molecular weight excluding hydrogens is 310 g/mol. The van der Waals surface area contributed by atoms with Gasteiger partial charge in [-0.05, 0) is 43.8 Å². The molecule has 2 aromatic heterocycles. The molecule has 0 bridgehead atoms. The Balaban J connectivity index is 2.13. The Bertz CT molecular complexity index is 815. The van der Waals surface area contributed by atoms with Gasteiger partial charge in [0.15, 0.2) is 4.77 Å². The molecule has 1 N–H and O–H groups in total. The fourth-order valence-electron chi connectivity index (χ4n) is 2.28. The van der Waals surface area contributed by atoms with Crippen LogP contribution in [0, 0.1) is 4.77 Å². The third-order valence-corrected chi connectivity index (χ3v) is 5.19. The zero-order valence-corrected chi connectivity index (χ0v) is 13.6. The van der Waals surface area contributed by atoms with E-state index in [1.165, 1.54) is 4.88 Å². The molecule has 0 aliphatic carbocycles. The molecule has 0 saturated heterocycles. The Morgan fingerprint density at radius 3 is 3.00 bits per heavy atom. The van der Waals surface area contributed by atoms with Crippen LogP contribution in [-0.2, 0) is 6.42 Å². The van der Waals surface area contributed by atoms with Crippen LogP contribution in [0.25, 0.3) is 11.0 Å². The van der Waals surface area contributed by atoms with Crippen LogP contribution >= 0.6 is 35.2 Å². The molecule has 0 aliphatic rings. The van der Waals surface area contributed by atoms with Crippen molar-refractivity contribution in [2.24, 2.45) is 0 Å². The quantitative estimate of drug-likeness (QED) is 0.690. The number of aromatic amines is 1. The lowest BCUT2D eigenvalue weighted by Gasteiger charge is -2.11. The Kier molecular flexibility index (Phi) is 3.67. The molecule has 20 heavy (non-hydrogen) atoms. The smallest absolute Gasteiger partial charge is 0.178 e. The normalized spacial score (nSPS) is 12.9. The zero-order chi connectivity index (χ0) is 14.3. The summed E-state index contributed by atoms with van der Waals surface area (Å²) in [6.07, 6.45) is 2.96. The van der Waals surface area contributed by atoms with Crippen molar-refractivity contribution >= 4 is 46.2 Å². The highest BCUT2D eigenvalue weighted by atomic mass is 35.5. The van der Waals surface area contributed by atoms with E-state index in [1.807, 2.05) is 24.4 Å². The van der Waals surface area contributed by atoms with Crippen molar-refractivity contribution in [2.45, 2.75) is 26.3 Å².